The summed E-state index contributed by atoms with van der Waals surface area (Å²) in [6, 6.07) is 24.5. The molecule has 0 amide bonds. The first kappa shape index (κ1) is 11.2. The van der Waals surface area contributed by atoms with Gasteiger partial charge in [0, 0.05) is 0 Å². The number of rotatable bonds is 1. The fourth-order valence-electron chi connectivity index (χ4n) is 3.05. The van der Waals surface area contributed by atoms with Crippen molar-refractivity contribution in [2.24, 2.45) is 0 Å². The van der Waals surface area contributed by atoms with E-state index in [1.165, 1.54) is 39.5 Å². The maximum Gasteiger partial charge on any atom is -0.00235 e. The number of hydrogen-bond donors (Lipinski definition) is 0. The van der Waals surface area contributed by atoms with E-state index in [-0.39, 0.29) is 7.92 Å². The molecule has 0 spiro atoms. The molecule has 0 fully saturated rings. The third kappa shape index (κ3) is 1.88. The molecule has 92 valence electrons. The van der Waals surface area contributed by atoms with Gasteiger partial charge in [-0.1, -0.05) is 74.7 Å². The second-order valence-corrected chi connectivity index (χ2v) is 7.35. The van der Waals surface area contributed by atoms with Crippen molar-refractivity contribution in [3.8, 4) is 0 Å². The third-order valence-electron chi connectivity index (χ3n) is 3.92. The monoisotopic (exact) mass is 262 g/mol. The van der Waals surface area contributed by atoms with Crippen molar-refractivity contribution in [3.05, 3.63) is 77.9 Å². The van der Waals surface area contributed by atoms with E-state index >= 15 is 0 Å². The largest absolute Gasteiger partial charge is 0.0663 e. The van der Waals surface area contributed by atoms with Gasteiger partial charge in [-0.25, -0.2) is 0 Å². The summed E-state index contributed by atoms with van der Waals surface area (Å²) in [6.45, 7) is 0. The molecule has 3 aromatic rings. The van der Waals surface area contributed by atoms with E-state index in [1.807, 2.05) is 0 Å². The number of benzene rings is 3. The lowest BCUT2D eigenvalue weighted by atomic mass is 10.0. The van der Waals surface area contributed by atoms with Crippen molar-refractivity contribution in [2.75, 3.05) is 0 Å². The molecular weight excluding hydrogens is 247 g/mol. The Morgan fingerprint density at radius 3 is 1.89 bits per heavy atom. The van der Waals surface area contributed by atoms with Gasteiger partial charge in [-0.05, 0) is 39.5 Å². The second kappa shape index (κ2) is 4.47. The van der Waals surface area contributed by atoms with Crippen LogP contribution in [-0.2, 0) is 12.3 Å². The first-order valence-corrected chi connectivity index (χ1v) is 8.42. The highest BCUT2D eigenvalue weighted by Crippen LogP contribution is 2.49. The Bertz CT molecular complexity index is 690. The molecule has 0 saturated carbocycles. The van der Waals surface area contributed by atoms with Crippen LogP contribution in [0.5, 0.6) is 0 Å². The van der Waals surface area contributed by atoms with Crippen molar-refractivity contribution in [2.45, 2.75) is 12.3 Å². The molecule has 0 saturated heterocycles. The first-order chi connectivity index (χ1) is 9.42. The average Bonchev–Trinajstić information content (AvgIpc) is 2.49. The van der Waals surface area contributed by atoms with Crippen molar-refractivity contribution in [3.63, 3.8) is 0 Å². The Morgan fingerprint density at radius 2 is 1.26 bits per heavy atom. The molecule has 1 aliphatic rings. The van der Waals surface area contributed by atoms with Crippen LogP contribution in [0.4, 0.5) is 0 Å². The zero-order valence-corrected chi connectivity index (χ0v) is 11.6. The van der Waals surface area contributed by atoms with E-state index in [9.17, 15) is 0 Å². The topological polar surface area (TPSA) is 0 Å². The molecule has 0 N–H and O–H groups in total. The van der Waals surface area contributed by atoms with Crippen LogP contribution in [0.1, 0.15) is 11.1 Å². The summed E-state index contributed by atoms with van der Waals surface area (Å²) in [5.41, 5.74) is 3.07. The molecule has 1 aliphatic heterocycles. The van der Waals surface area contributed by atoms with Crippen LogP contribution in [0.2, 0.25) is 0 Å². The quantitative estimate of drug-likeness (QED) is 0.559. The maximum absolute atomic E-state index is 2.31. The van der Waals surface area contributed by atoms with Gasteiger partial charge in [0.25, 0.3) is 0 Å². The van der Waals surface area contributed by atoms with Gasteiger partial charge in [-0.3, -0.25) is 0 Å². The lowest BCUT2D eigenvalue weighted by Crippen LogP contribution is -2.08. The fraction of sp³-hybridized carbons (Fsp3) is 0.111. The summed E-state index contributed by atoms with van der Waals surface area (Å²) in [4.78, 5) is 0. The zero-order chi connectivity index (χ0) is 12.7. The van der Waals surface area contributed by atoms with Crippen molar-refractivity contribution >= 4 is 24.0 Å². The van der Waals surface area contributed by atoms with Gasteiger partial charge in [0.05, 0.1) is 0 Å². The molecule has 19 heavy (non-hydrogen) atoms. The number of hydrogen-bond acceptors (Lipinski definition) is 0. The van der Waals surface area contributed by atoms with Gasteiger partial charge in [-0.15, -0.1) is 0 Å². The second-order valence-electron chi connectivity index (χ2n) is 5.12. The smallest absolute Gasteiger partial charge is 0.00235 e. The highest BCUT2D eigenvalue weighted by Gasteiger charge is 2.20. The van der Waals surface area contributed by atoms with E-state index in [2.05, 4.69) is 66.7 Å². The molecular formula is C18H15P. The minimum absolute atomic E-state index is 0.0793. The molecule has 0 aliphatic carbocycles. The molecule has 0 atom stereocenters. The Kier molecular flexibility index (Phi) is 2.64. The highest BCUT2D eigenvalue weighted by molar-refractivity contribution is 7.64. The zero-order valence-electron chi connectivity index (χ0n) is 10.7. The van der Waals surface area contributed by atoms with Gasteiger partial charge in [0.2, 0.25) is 0 Å². The molecule has 0 nitrogen and oxygen atoms in total. The Morgan fingerprint density at radius 1 is 0.632 bits per heavy atom. The van der Waals surface area contributed by atoms with Crippen LogP contribution in [0.15, 0.2) is 66.7 Å². The Balaban J connectivity index is 1.85. The maximum atomic E-state index is 2.31. The van der Waals surface area contributed by atoms with Crippen molar-refractivity contribution < 1.29 is 0 Å². The van der Waals surface area contributed by atoms with Crippen molar-refractivity contribution in [1.82, 2.24) is 0 Å². The van der Waals surface area contributed by atoms with E-state index < -0.39 is 0 Å². The molecule has 4 rings (SSSR count). The van der Waals surface area contributed by atoms with Crippen molar-refractivity contribution in [1.29, 1.82) is 0 Å². The predicted octanol–water partition coefficient (Wildman–Crippen LogP) is 4.66. The summed E-state index contributed by atoms with van der Waals surface area (Å²) in [5, 5.41) is 4.45. The molecule has 0 radical (unpaired) electrons. The minimum atomic E-state index is -0.0793. The van der Waals surface area contributed by atoms with Gasteiger partial charge < -0.3 is 0 Å². The summed E-state index contributed by atoms with van der Waals surface area (Å²) in [5.74, 6) is 0. The van der Waals surface area contributed by atoms with Crippen LogP contribution in [0.3, 0.4) is 0 Å². The molecule has 1 heterocycles. The summed E-state index contributed by atoms with van der Waals surface area (Å²) < 4.78 is 0. The normalized spacial score (nSPS) is 14.7. The van der Waals surface area contributed by atoms with Crippen LogP contribution in [-0.4, -0.2) is 0 Å². The van der Waals surface area contributed by atoms with E-state index in [0.717, 1.165) is 0 Å². The van der Waals surface area contributed by atoms with Gasteiger partial charge in [-0.2, -0.15) is 0 Å². The molecule has 1 heteroatoms. The Hall–Kier alpha value is -1.65. The fourth-order valence-corrected chi connectivity index (χ4v) is 5.47. The predicted molar refractivity (Wildman–Crippen MR) is 84.4 cm³/mol. The van der Waals surface area contributed by atoms with E-state index in [0.29, 0.717) is 0 Å². The Labute approximate surface area is 114 Å². The standard InChI is InChI=1S/C18H15P/c1-2-10-17(11-3-1)19-12-15-8-4-6-14-7-5-9-16(13-19)18(14)15/h1-11H,12-13H2. The van der Waals surface area contributed by atoms with E-state index in [4.69, 9.17) is 0 Å². The van der Waals surface area contributed by atoms with Crippen LogP contribution >= 0.6 is 7.92 Å². The summed E-state index contributed by atoms with van der Waals surface area (Å²) in [6.07, 6.45) is 2.46. The van der Waals surface area contributed by atoms with Gasteiger partial charge in [0.15, 0.2) is 0 Å². The van der Waals surface area contributed by atoms with Crippen LogP contribution in [0, 0.1) is 0 Å². The van der Waals surface area contributed by atoms with Crippen LogP contribution in [0.25, 0.3) is 10.8 Å². The summed E-state index contributed by atoms with van der Waals surface area (Å²) >= 11 is 0. The minimum Gasteiger partial charge on any atom is -0.0663 e. The van der Waals surface area contributed by atoms with Gasteiger partial charge >= 0.3 is 0 Å². The first-order valence-electron chi connectivity index (χ1n) is 6.71. The average molecular weight is 262 g/mol. The SMILES string of the molecule is c1ccc(P2Cc3cccc4cccc(c34)C2)cc1. The molecule has 0 bridgehead atoms. The third-order valence-corrected chi connectivity index (χ3v) is 6.39. The lowest BCUT2D eigenvalue weighted by Gasteiger charge is -2.26. The molecule has 3 aromatic carbocycles. The van der Waals surface area contributed by atoms with E-state index in [1.54, 1.807) is 0 Å². The highest BCUT2D eigenvalue weighted by atomic mass is 31.1. The van der Waals surface area contributed by atoms with Crippen LogP contribution < -0.4 is 5.30 Å². The lowest BCUT2D eigenvalue weighted by molar-refractivity contribution is 1.31. The molecule has 0 unspecified atom stereocenters. The van der Waals surface area contributed by atoms with Gasteiger partial charge in [0.1, 0.15) is 0 Å². The summed E-state index contributed by atoms with van der Waals surface area (Å²) in [7, 11) is -0.0793. The molecule has 0 aromatic heterocycles.